The maximum Gasteiger partial charge on any atom is 0.260 e. The van der Waals surface area contributed by atoms with Gasteiger partial charge in [-0.15, -0.1) is 0 Å². The van der Waals surface area contributed by atoms with Gasteiger partial charge in [0, 0.05) is 31.2 Å². The summed E-state index contributed by atoms with van der Waals surface area (Å²) in [5, 5.41) is 9.96. The summed E-state index contributed by atoms with van der Waals surface area (Å²) in [5.74, 6) is 0. The van der Waals surface area contributed by atoms with Gasteiger partial charge >= 0.3 is 0 Å². The zero-order valence-corrected chi connectivity index (χ0v) is 13.6. The van der Waals surface area contributed by atoms with Crippen molar-refractivity contribution in [1.29, 1.82) is 0 Å². The number of nitrogens with one attached hydrogen (secondary N) is 2. The lowest BCUT2D eigenvalue weighted by Gasteiger charge is -2.20. The van der Waals surface area contributed by atoms with Crippen LogP contribution in [0.1, 0.15) is 46.1 Å². The van der Waals surface area contributed by atoms with Crippen LogP contribution in [0.4, 0.5) is 0 Å². The van der Waals surface area contributed by atoms with Crippen molar-refractivity contribution in [2.24, 2.45) is 0 Å². The van der Waals surface area contributed by atoms with Crippen molar-refractivity contribution in [2.75, 3.05) is 13.1 Å². The fourth-order valence-corrected chi connectivity index (χ4v) is 3.47. The van der Waals surface area contributed by atoms with Crippen molar-refractivity contribution in [3.05, 3.63) is 11.8 Å². The first-order chi connectivity index (χ1) is 9.43. The van der Waals surface area contributed by atoms with Gasteiger partial charge in [0.25, 0.3) is 10.0 Å². The molecule has 0 unspecified atom stereocenters. The Balaban J connectivity index is 2.93. The highest BCUT2D eigenvalue weighted by Crippen LogP contribution is 2.18. The Morgan fingerprint density at radius 3 is 2.65 bits per heavy atom. The first kappa shape index (κ1) is 17.1. The highest BCUT2D eigenvalue weighted by molar-refractivity contribution is 7.89. The van der Waals surface area contributed by atoms with Gasteiger partial charge < -0.3 is 5.32 Å². The highest BCUT2D eigenvalue weighted by atomic mass is 32.2. The summed E-state index contributed by atoms with van der Waals surface area (Å²) in [6.07, 6.45) is 3.41. The molecule has 20 heavy (non-hydrogen) atoms. The van der Waals surface area contributed by atoms with Crippen molar-refractivity contribution < 1.29 is 8.42 Å². The van der Waals surface area contributed by atoms with Crippen LogP contribution in [-0.4, -0.2) is 42.1 Å². The number of unbranched alkanes of at least 4 members (excludes halogenated alkanes) is 1. The zero-order valence-electron chi connectivity index (χ0n) is 12.8. The molecular formula is C13H26N4O2S. The van der Waals surface area contributed by atoms with Gasteiger partial charge in [-0.1, -0.05) is 34.1 Å². The first-order valence-corrected chi connectivity index (χ1v) is 8.63. The van der Waals surface area contributed by atoms with Crippen LogP contribution >= 0.6 is 0 Å². The highest BCUT2D eigenvalue weighted by Gasteiger charge is 2.27. The second-order valence-corrected chi connectivity index (χ2v) is 6.99. The Morgan fingerprint density at radius 1 is 1.40 bits per heavy atom. The third-order valence-electron chi connectivity index (χ3n) is 3.09. The minimum atomic E-state index is -3.48. The van der Waals surface area contributed by atoms with Gasteiger partial charge in [-0.2, -0.15) is 9.40 Å². The predicted molar refractivity (Wildman–Crippen MR) is 79.9 cm³/mol. The molecule has 1 rings (SSSR count). The normalized spacial score (nSPS) is 12.5. The summed E-state index contributed by atoms with van der Waals surface area (Å²) in [5.41, 5.74) is 0.689. The van der Waals surface area contributed by atoms with E-state index >= 15 is 0 Å². The predicted octanol–water partition coefficient (Wildman–Crippen LogP) is 1.72. The molecule has 116 valence electrons. The summed E-state index contributed by atoms with van der Waals surface area (Å²) in [6, 6.07) is 0.294. The molecule has 0 spiro atoms. The van der Waals surface area contributed by atoms with Crippen molar-refractivity contribution in [2.45, 2.75) is 58.1 Å². The molecule has 0 atom stereocenters. The lowest BCUT2D eigenvalue weighted by molar-refractivity contribution is 0.415. The molecular weight excluding hydrogens is 276 g/mol. The average molecular weight is 302 g/mol. The zero-order chi connectivity index (χ0) is 15.2. The Morgan fingerprint density at radius 2 is 2.10 bits per heavy atom. The maximum absolute atomic E-state index is 12.6. The average Bonchev–Trinajstić information content (AvgIpc) is 2.86. The Kier molecular flexibility index (Phi) is 6.64. The van der Waals surface area contributed by atoms with E-state index in [0.29, 0.717) is 31.2 Å². The quantitative estimate of drug-likeness (QED) is 0.728. The Bertz CT molecular complexity index is 496. The summed E-state index contributed by atoms with van der Waals surface area (Å²) in [7, 11) is -3.48. The smallest absolute Gasteiger partial charge is 0.260 e. The van der Waals surface area contributed by atoms with E-state index in [1.54, 1.807) is 6.20 Å². The fourth-order valence-electron chi connectivity index (χ4n) is 1.87. The number of hydrogen-bond donors (Lipinski definition) is 2. The second kappa shape index (κ2) is 7.75. The first-order valence-electron chi connectivity index (χ1n) is 7.19. The van der Waals surface area contributed by atoms with Crippen LogP contribution in [0.3, 0.4) is 0 Å². The molecule has 0 saturated carbocycles. The molecule has 7 heteroatoms. The molecule has 1 heterocycles. The molecule has 0 aromatic carbocycles. The SMILES string of the molecule is CCCCN(CC)S(=O)(=O)c1[nH]ncc1CNC(C)C. The molecule has 0 saturated heterocycles. The van der Waals surface area contributed by atoms with E-state index in [1.165, 1.54) is 4.31 Å². The molecule has 0 radical (unpaired) electrons. The van der Waals surface area contributed by atoms with Crippen LogP contribution in [0.2, 0.25) is 0 Å². The molecule has 1 aromatic rings. The standard InChI is InChI=1S/C13H26N4O2S/c1-5-7-8-17(6-2)20(18,19)13-12(10-15-16-13)9-14-11(3)4/h10-11,14H,5-9H2,1-4H3,(H,15,16). The van der Waals surface area contributed by atoms with Gasteiger partial charge in [0.15, 0.2) is 5.03 Å². The molecule has 0 amide bonds. The molecule has 0 aliphatic carbocycles. The van der Waals surface area contributed by atoms with Crippen LogP contribution in [0.25, 0.3) is 0 Å². The topological polar surface area (TPSA) is 78.1 Å². The number of sulfonamides is 1. The second-order valence-electron chi connectivity index (χ2n) is 5.11. The largest absolute Gasteiger partial charge is 0.310 e. The molecule has 6 nitrogen and oxygen atoms in total. The van der Waals surface area contributed by atoms with Crippen molar-refractivity contribution in [3.63, 3.8) is 0 Å². The van der Waals surface area contributed by atoms with Crippen LogP contribution < -0.4 is 5.32 Å². The number of H-pyrrole nitrogens is 1. The van der Waals surface area contributed by atoms with Crippen LogP contribution in [-0.2, 0) is 16.6 Å². The van der Waals surface area contributed by atoms with E-state index < -0.39 is 10.0 Å². The minimum absolute atomic E-state index is 0.212. The van der Waals surface area contributed by atoms with Gasteiger partial charge in [0.05, 0.1) is 6.20 Å². The third kappa shape index (κ3) is 4.29. The van der Waals surface area contributed by atoms with Crippen molar-refractivity contribution in [1.82, 2.24) is 19.8 Å². The van der Waals surface area contributed by atoms with Gasteiger partial charge in [-0.3, -0.25) is 5.10 Å². The third-order valence-corrected chi connectivity index (χ3v) is 5.08. The molecule has 1 aromatic heterocycles. The van der Waals surface area contributed by atoms with E-state index in [9.17, 15) is 8.42 Å². The van der Waals surface area contributed by atoms with E-state index in [2.05, 4.69) is 22.4 Å². The number of aromatic amines is 1. The van der Waals surface area contributed by atoms with Gasteiger partial charge in [-0.05, 0) is 6.42 Å². The lowest BCUT2D eigenvalue weighted by atomic mass is 10.3. The number of nitrogens with zero attached hydrogens (tertiary/aromatic N) is 2. The molecule has 0 aliphatic rings. The summed E-state index contributed by atoms with van der Waals surface area (Å²) in [4.78, 5) is 0. The number of rotatable bonds is 9. The van der Waals surface area contributed by atoms with Gasteiger partial charge in [-0.25, -0.2) is 8.42 Å². The minimum Gasteiger partial charge on any atom is -0.310 e. The van der Waals surface area contributed by atoms with Gasteiger partial charge in [0.1, 0.15) is 0 Å². The number of hydrogen-bond acceptors (Lipinski definition) is 4. The van der Waals surface area contributed by atoms with Crippen molar-refractivity contribution >= 4 is 10.0 Å². The van der Waals surface area contributed by atoms with E-state index in [4.69, 9.17) is 0 Å². The van der Waals surface area contributed by atoms with E-state index in [0.717, 1.165) is 12.8 Å². The summed E-state index contributed by atoms with van der Waals surface area (Å²) in [6.45, 7) is 9.46. The van der Waals surface area contributed by atoms with Crippen LogP contribution in [0.15, 0.2) is 11.2 Å². The monoisotopic (exact) mass is 302 g/mol. The maximum atomic E-state index is 12.6. The Hall–Kier alpha value is -0.920. The number of aromatic nitrogens is 2. The lowest BCUT2D eigenvalue weighted by Crippen LogP contribution is -2.33. The van der Waals surface area contributed by atoms with Crippen molar-refractivity contribution in [3.8, 4) is 0 Å². The summed E-state index contributed by atoms with van der Waals surface area (Å²) < 4.78 is 26.7. The Labute approximate surface area is 122 Å². The fraction of sp³-hybridized carbons (Fsp3) is 0.769. The van der Waals surface area contributed by atoms with Gasteiger partial charge in [0.2, 0.25) is 0 Å². The van der Waals surface area contributed by atoms with E-state index in [1.807, 2.05) is 20.8 Å². The molecule has 0 bridgehead atoms. The molecule has 0 fully saturated rings. The van der Waals surface area contributed by atoms with Crippen LogP contribution in [0, 0.1) is 0 Å². The molecule has 2 N–H and O–H groups in total. The van der Waals surface area contributed by atoms with Crippen LogP contribution in [0.5, 0.6) is 0 Å². The molecule has 0 aliphatic heterocycles. The summed E-state index contributed by atoms with van der Waals surface area (Å²) >= 11 is 0. The van der Waals surface area contributed by atoms with E-state index in [-0.39, 0.29) is 5.03 Å².